The standard InChI is InChI=1S/C67H102O6/c1-4-7-10-13-16-19-22-24-26-28-30-31-32-33-34-35-37-38-40-42-45-48-51-54-57-60-66(69)72-63-64(62-71-65(68)59-56-53-50-47-44-21-18-15-12-9-6-3)73-67(70)61-58-55-52-49-46-43-41-39-36-29-27-25-23-20-17-14-11-8-5-2/h7-8,10-11,15-20,24-27,30-31,33-34,36-39,42-43,45-46,52,55,64H,4-6,9,12-14,21-23,28-29,32,35,40-41,44,47-51,53-54,56-63H2,1-3H3/b10-7-,11-8-,18-15-,19-16-,20-17-,26-24-,27-25-,31-30-,34-33-,38-37-,39-36-,45-42-,46-43-,55-52-. The van der Waals surface area contributed by atoms with Crippen molar-refractivity contribution in [3.8, 4) is 0 Å². The molecule has 0 saturated heterocycles. The topological polar surface area (TPSA) is 78.9 Å². The Kier molecular flexibility index (Phi) is 55.1. The molecule has 0 radical (unpaired) electrons. The van der Waals surface area contributed by atoms with Crippen molar-refractivity contribution in [1.82, 2.24) is 0 Å². The lowest BCUT2D eigenvalue weighted by Crippen LogP contribution is -2.30. The number of rotatable bonds is 49. The van der Waals surface area contributed by atoms with Crippen molar-refractivity contribution in [1.29, 1.82) is 0 Å². The van der Waals surface area contributed by atoms with Crippen molar-refractivity contribution >= 4 is 17.9 Å². The smallest absolute Gasteiger partial charge is 0.306 e. The zero-order valence-corrected chi connectivity index (χ0v) is 46.3. The Bertz CT molecular complexity index is 1720. The maximum Gasteiger partial charge on any atom is 0.306 e. The highest BCUT2D eigenvalue weighted by Gasteiger charge is 2.19. The first kappa shape index (κ1) is 67.8. The number of carbonyl (C=O) groups is 3. The quantitative estimate of drug-likeness (QED) is 0.0261. The van der Waals surface area contributed by atoms with E-state index < -0.39 is 12.1 Å². The Morgan fingerprint density at radius 2 is 0.562 bits per heavy atom. The zero-order valence-electron chi connectivity index (χ0n) is 46.3. The third-order valence-electron chi connectivity index (χ3n) is 11.2. The van der Waals surface area contributed by atoms with E-state index in [4.69, 9.17) is 14.2 Å². The molecule has 6 nitrogen and oxygen atoms in total. The van der Waals surface area contributed by atoms with Crippen LogP contribution in [0.25, 0.3) is 0 Å². The summed E-state index contributed by atoms with van der Waals surface area (Å²) in [5, 5.41) is 0. The second-order valence-corrected chi connectivity index (χ2v) is 18.1. The summed E-state index contributed by atoms with van der Waals surface area (Å²) in [6.45, 7) is 6.25. The lowest BCUT2D eigenvalue weighted by molar-refractivity contribution is -0.166. The van der Waals surface area contributed by atoms with Crippen LogP contribution in [-0.4, -0.2) is 37.2 Å². The normalized spacial score (nSPS) is 13.4. The second kappa shape index (κ2) is 59.3. The number of unbranched alkanes of at least 4 members (excludes halogenated alkanes) is 10. The van der Waals surface area contributed by atoms with Gasteiger partial charge in [0.15, 0.2) is 6.10 Å². The Morgan fingerprint density at radius 1 is 0.288 bits per heavy atom. The Morgan fingerprint density at radius 3 is 0.918 bits per heavy atom. The summed E-state index contributed by atoms with van der Waals surface area (Å²) < 4.78 is 16.7. The van der Waals surface area contributed by atoms with E-state index in [2.05, 4.69) is 179 Å². The summed E-state index contributed by atoms with van der Waals surface area (Å²) in [5.41, 5.74) is 0. The Balaban J connectivity index is 4.54. The van der Waals surface area contributed by atoms with E-state index in [1.54, 1.807) is 0 Å². The molecule has 0 bridgehead atoms. The minimum Gasteiger partial charge on any atom is -0.462 e. The monoisotopic (exact) mass is 1000 g/mol. The van der Waals surface area contributed by atoms with Crippen LogP contribution in [0.3, 0.4) is 0 Å². The molecule has 0 rings (SSSR count). The molecular formula is C67H102O6. The fourth-order valence-corrected chi connectivity index (χ4v) is 6.96. The van der Waals surface area contributed by atoms with Crippen LogP contribution >= 0.6 is 0 Å². The summed E-state index contributed by atoms with van der Waals surface area (Å²) in [5.74, 6) is -1.07. The molecule has 0 aliphatic carbocycles. The summed E-state index contributed by atoms with van der Waals surface area (Å²) in [7, 11) is 0. The molecule has 1 unspecified atom stereocenters. The number of hydrogen-bond donors (Lipinski definition) is 0. The third kappa shape index (κ3) is 57.5. The van der Waals surface area contributed by atoms with E-state index in [1.807, 2.05) is 12.2 Å². The number of esters is 3. The molecule has 0 aromatic heterocycles. The van der Waals surface area contributed by atoms with Gasteiger partial charge in [-0.05, 0) is 135 Å². The Labute approximate surface area is 447 Å². The largest absolute Gasteiger partial charge is 0.462 e. The van der Waals surface area contributed by atoms with Crippen molar-refractivity contribution in [3.63, 3.8) is 0 Å². The fourth-order valence-electron chi connectivity index (χ4n) is 6.96. The van der Waals surface area contributed by atoms with E-state index in [1.165, 1.54) is 19.3 Å². The van der Waals surface area contributed by atoms with E-state index in [-0.39, 0.29) is 31.6 Å². The van der Waals surface area contributed by atoms with Gasteiger partial charge < -0.3 is 14.2 Å². The molecule has 0 aromatic carbocycles. The highest BCUT2D eigenvalue weighted by Crippen LogP contribution is 2.11. The molecular weight excluding hydrogens is 901 g/mol. The van der Waals surface area contributed by atoms with Crippen LogP contribution < -0.4 is 0 Å². The minimum atomic E-state index is -0.845. The van der Waals surface area contributed by atoms with Crippen LogP contribution in [-0.2, 0) is 28.6 Å². The SMILES string of the molecule is CC/C=C\C/C=C\C/C=C\C/C=C\C/C=C\C/C=C\C/C=C\CCCCCC(=O)OCC(COC(=O)CCCCCCC/C=C\CCCC)OC(=O)CC/C=C\C/C=C\C/C=C\C/C=C\C/C=C\C/C=C\CC. The minimum absolute atomic E-state index is 0.132. The first-order valence-corrected chi connectivity index (χ1v) is 28.6. The van der Waals surface area contributed by atoms with Gasteiger partial charge in [-0.1, -0.05) is 229 Å². The molecule has 0 heterocycles. The molecule has 73 heavy (non-hydrogen) atoms. The lowest BCUT2D eigenvalue weighted by atomic mass is 10.1. The average molecular weight is 1000 g/mol. The highest BCUT2D eigenvalue weighted by molar-refractivity contribution is 5.71. The van der Waals surface area contributed by atoms with Gasteiger partial charge >= 0.3 is 17.9 Å². The molecule has 1 atom stereocenters. The molecule has 0 amide bonds. The van der Waals surface area contributed by atoms with Crippen molar-refractivity contribution in [2.24, 2.45) is 0 Å². The third-order valence-corrected chi connectivity index (χ3v) is 11.2. The highest BCUT2D eigenvalue weighted by atomic mass is 16.6. The van der Waals surface area contributed by atoms with Gasteiger partial charge in [0, 0.05) is 19.3 Å². The molecule has 0 spiro atoms. The van der Waals surface area contributed by atoms with Crippen LogP contribution in [0.1, 0.15) is 213 Å². The zero-order chi connectivity index (χ0) is 52.9. The number of hydrogen-bond acceptors (Lipinski definition) is 6. The van der Waals surface area contributed by atoms with Crippen LogP contribution in [0, 0.1) is 0 Å². The van der Waals surface area contributed by atoms with Gasteiger partial charge in [-0.25, -0.2) is 0 Å². The van der Waals surface area contributed by atoms with E-state index in [9.17, 15) is 14.4 Å². The van der Waals surface area contributed by atoms with Crippen molar-refractivity contribution in [2.45, 2.75) is 219 Å². The van der Waals surface area contributed by atoms with Crippen LogP contribution in [0.2, 0.25) is 0 Å². The molecule has 0 saturated carbocycles. The van der Waals surface area contributed by atoms with Crippen LogP contribution in [0.5, 0.6) is 0 Å². The maximum absolute atomic E-state index is 12.8. The molecule has 6 heteroatoms. The van der Waals surface area contributed by atoms with Gasteiger partial charge in [0.2, 0.25) is 0 Å². The first-order valence-electron chi connectivity index (χ1n) is 28.6. The predicted molar refractivity (Wildman–Crippen MR) is 315 cm³/mol. The Hall–Kier alpha value is -5.23. The molecule has 0 aliphatic heterocycles. The van der Waals surface area contributed by atoms with Crippen molar-refractivity contribution < 1.29 is 28.6 Å². The van der Waals surface area contributed by atoms with Gasteiger partial charge in [0.25, 0.3) is 0 Å². The summed E-state index contributed by atoms with van der Waals surface area (Å²) in [6.07, 6.45) is 87.9. The summed E-state index contributed by atoms with van der Waals surface area (Å²) in [4.78, 5) is 38.1. The van der Waals surface area contributed by atoms with E-state index in [0.29, 0.717) is 19.3 Å². The first-order chi connectivity index (χ1) is 36.0. The maximum atomic E-state index is 12.8. The summed E-state index contributed by atoms with van der Waals surface area (Å²) in [6, 6.07) is 0. The second-order valence-electron chi connectivity index (χ2n) is 18.1. The van der Waals surface area contributed by atoms with E-state index >= 15 is 0 Å². The number of carbonyl (C=O) groups excluding carboxylic acids is 3. The molecule has 0 N–H and O–H groups in total. The van der Waals surface area contributed by atoms with Crippen molar-refractivity contribution in [3.05, 3.63) is 170 Å². The van der Waals surface area contributed by atoms with Gasteiger partial charge in [-0.2, -0.15) is 0 Å². The predicted octanol–water partition coefficient (Wildman–Crippen LogP) is 19.5. The number of ether oxygens (including phenoxy) is 3. The van der Waals surface area contributed by atoms with Gasteiger partial charge in [-0.3, -0.25) is 14.4 Å². The van der Waals surface area contributed by atoms with Crippen LogP contribution in [0.15, 0.2) is 170 Å². The van der Waals surface area contributed by atoms with E-state index in [0.717, 1.165) is 148 Å². The van der Waals surface area contributed by atoms with Crippen molar-refractivity contribution in [2.75, 3.05) is 13.2 Å². The molecule has 0 aliphatic rings. The van der Waals surface area contributed by atoms with Gasteiger partial charge in [0.05, 0.1) is 0 Å². The molecule has 406 valence electrons. The average Bonchev–Trinajstić information content (AvgIpc) is 3.39. The number of allylic oxidation sites excluding steroid dienone is 28. The molecule has 0 fully saturated rings. The summed E-state index contributed by atoms with van der Waals surface area (Å²) >= 11 is 0. The fraction of sp³-hybridized carbons (Fsp3) is 0.537. The van der Waals surface area contributed by atoms with Gasteiger partial charge in [0.1, 0.15) is 13.2 Å². The molecule has 0 aromatic rings. The van der Waals surface area contributed by atoms with Gasteiger partial charge in [-0.15, -0.1) is 0 Å². The lowest BCUT2D eigenvalue weighted by Gasteiger charge is -2.18. The van der Waals surface area contributed by atoms with Crippen LogP contribution in [0.4, 0.5) is 0 Å².